The van der Waals surface area contributed by atoms with E-state index in [2.05, 4.69) is 36.1 Å². The fourth-order valence-corrected chi connectivity index (χ4v) is 6.39. The van der Waals surface area contributed by atoms with E-state index in [9.17, 15) is 13.2 Å². The van der Waals surface area contributed by atoms with Crippen molar-refractivity contribution in [1.29, 1.82) is 0 Å². The molecule has 2 heterocycles. The fraction of sp³-hybridized carbons (Fsp3) is 0.480. The zero-order valence-corrected chi connectivity index (χ0v) is 19.9. The Hall–Kier alpha value is -2.22. The van der Waals surface area contributed by atoms with Gasteiger partial charge in [-0.1, -0.05) is 36.2 Å². The Bertz CT molecular complexity index is 1040. The molecule has 7 heteroatoms. The van der Waals surface area contributed by atoms with E-state index in [1.165, 1.54) is 11.1 Å². The van der Waals surface area contributed by atoms with Gasteiger partial charge in [-0.3, -0.25) is 9.69 Å². The maximum Gasteiger partial charge on any atom is 0.253 e. The quantitative estimate of drug-likeness (QED) is 0.692. The summed E-state index contributed by atoms with van der Waals surface area (Å²) in [6, 6.07) is 15.0. The molecule has 6 nitrogen and oxygen atoms in total. The third-order valence-corrected chi connectivity index (χ3v) is 8.63. The van der Waals surface area contributed by atoms with Gasteiger partial charge in [-0.05, 0) is 56.5 Å². The Morgan fingerprint density at radius 2 is 1.69 bits per heavy atom. The standard InChI is InChI=1S/C25H33N3O3S/c1-20-6-5-8-22(18-20)19-26-14-16-27(17-15-26)25(29)23-9-11-24(12-10-23)32(30,31)28-13-4-3-7-21(28)2/h5-6,8-12,18,21H,3-4,7,13-17,19H2,1-2H3. The van der Waals surface area contributed by atoms with Crippen molar-refractivity contribution in [2.45, 2.75) is 50.6 Å². The van der Waals surface area contributed by atoms with Crippen LogP contribution in [0.4, 0.5) is 0 Å². The summed E-state index contributed by atoms with van der Waals surface area (Å²) in [5, 5.41) is 0. The molecule has 0 radical (unpaired) electrons. The van der Waals surface area contributed by atoms with Gasteiger partial charge in [0.15, 0.2) is 0 Å². The van der Waals surface area contributed by atoms with Crippen molar-refractivity contribution in [3.8, 4) is 0 Å². The highest BCUT2D eigenvalue weighted by Gasteiger charge is 2.31. The second-order valence-electron chi connectivity index (χ2n) is 9.04. The lowest BCUT2D eigenvalue weighted by Gasteiger charge is -2.35. The molecular formula is C25H33N3O3S. The molecule has 0 spiro atoms. The average Bonchev–Trinajstić information content (AvgIpc) is 2.79. The first-order chi connectivity index (χ1) is 15.3. The van der Waals surface area contributed by atoms with Gasteiger partial charge in [0.1, 0.15) is 0 Å². The molecule has 0 N–H and O–H groups in total. The Labute approximate surface area is 191 Å². The van der Waals surface area contributed by atoms with Crippen LogP contribution < -0.4 is 0 Å². The van der Waals surface area contributed by atoms with Gasteiger partial charge in [0, 0.05) is 50.9 Å². The van der Waals surface area contributed by atoms with Gasteiger partial charge in [-0.2, -0.15) is 4.31 Å². The largest absolute Gasteiger partial charge is 0.336 e. The number of hydrogen-bond acceptors (Lipinski definition) is 4. The molecule has 1 atom stereocenters. The Kier molecular flexibility index (Phi) is 6.98. The van der Waals surface area contributed by atoms with E-state index in [1.54, 1.807) is 28.6 Å². The van der Waals surface area contributed by atoms with Gasteiger partial charge in [0.25, 0.3) is 5.91 Å². The molecule has 1 unspecified atom stereocenters. The first-order valence-corrected chi connectivity index (χ1v) is 13.0. The minimum atomic E-state index is -3.52. The van der Waals surface area contributed by atoms with Crippen LogP contribution in [0.15, 0.2) is 53.4 Å². The zero-order valence-electron chi connectivity index (χ0n) is 19.0. The number of piperidine rings is 1. The van der Waals surface area contributed by atoms with E-state index in [4.69, 9.17) is 0 Å². The molecule has 0 saturated carbocycles. The van der Waals surface area contributed by atoms with Crippen LogP contribution in [0.3, 0.4) is 0 Å². The van der Waals surface area contributed by atoms with Crippen molar-refractivity contribution in [3.63, 3.8) is 0 Å². The zero-order chi connectivity index (χ0) is 22.7. The maximum absolute atomic E-state index is 13.0. The van der Waals surface area contributed by atoms with Crippen LogP contribution in [0.2, 0.25) is 0 Å². The summed E-state index contributed by atoms with van der Waals surface area (Å²) in [7, 11) is -3.52. The monoisotopic (exact) mass is 455 g/mol. The normalized spacial score (nSPS) is 20.9. The minimum Gasteiger partial charge on any atom is -0.336 e. The predicted molar refractivity (Wildman–Crippen MR) is 126 cm³/mol. The van der Waals surface area contributed by atoms with Crippen LogP contribution in [0.5, 0.6) is 0 Å². The van der Waals surface area contributed by atoms with Gasteiger partial charge in [0.05, 0.1) is 4.90 Å². The molecule has 4 rings (SSSR count). The lowest BCUT2D eigenvalue weighted by atomic mass is 10.1. The highest BCUT2D eigenvalue weighted by molar-refractivity contribution is 7.89. The summed E-state index contributed by atoms with van der Waals surface area (Å²) in [5.41, 5.74) is 3.10. The van der Waals surface area contributed by atoms with E-state index in [-0.39, 0.29) is 16.8 Å². The van der Waals surface area contributed by atoms with Gasteiger partial charge in [0.2, 0.25) is 10.0 Å². The number of hydrogen-bond donors (Lipinski definition) is 0. The molecule has 0 aliphatic carbocycles. The highest BCUT2D eigenvalue weighted by atomic mass is 32.2. The van der Waals surface area contributed by atoms with Crippen LogP contribution in [0, 0.1) is 6.92 Å². The van der Waals surface area contributed by atoms with E-state index in [0.717, 1.165) is 38.9 Å². The molecule has 0 bridgehead atoms. The predicted octanol–water partition coefficient (Wildman–Crippen LogP) is 3.52. The maximum atomic E-state index is 13.0. The highest BCUT2D eigenvalue weighted by Crippen LogP contribution is 2.25. The van der Waals surface area contributed by atoms with E-state index in [1.807, 2.05) is 11.8 Å². The molecule has 2 fully saturated rings. The number of nitrogens with zero attached hydrogens (tertiary/aromatic N) is 3. The smallest absolute Gasteiger partial charge is 0.253 e. The topological polar surface area (TPSA) is 60.9 Å². The number of rotatable bonds is 5. The molecule has 2 aromatic rings. The third-order valence-electron chi connectivity index (χ3n) is 6.60. The van der Waals surface area contributed by atoms with Crippen molar-refractivity contribution in [3.05, 3.63) is 65.2 Å². The van der Waals surface area contributed by atoms with Gasteiger partial charge < -0.3 is 4.90 Å². The average molecular weight is 456 g/mol. The van der Waals surface area contributed by atoms with Crippen LogP contribution in [0.1, 0.15) is 47.7 Å². The van der Waals surface area contributed by atoms with Crippen LogP contribution in [0.25, 0.3) is 0 Å². The molecule has 0 aromatic heterocycles. The first kappa shape index (κ1) is 23.0. The van der Waals surface area contributed by atoms with E-state index in [0.29, 0.717) is 25.2 Å². The van der Waals surface area contributed by atoms with Crippen LogP contribution in [-0.2, 0) is 16.6 Å². The summed E-state index contributed by atoms with van der Waals surface area (Å²) < 4.78 is 27.6. The van der Waals surface area contributed by atoms with E-state index < -0.39 is 10.0 Å². The SMILES string of the molecule is Cc1cccc(CN2CCN(C(=O)c3ccc(S(=O)(=O)N4CCCCC4C)cc3)CC2)c1. The Morgan fingerprint density at radius 1 is 0.969 bits per heavy atom. The molecule has 1 amide bonds. The molecular weight excluding hydrogens is 422 g/mol. The number of aryl methyl sites for hydroxylation is 1. The molecule has 32 heavy (non-hydrogen) atoms. The number of sulfonamides is 1. The number of amides is 1. The number of piperazine rings is 1. The lowest BCUT2D eigenvalue weighted by molar-refractivity contribution is 0.0628. The van der Waals surface area contributed by atoms with E-state index >= 15 is 0 Å². The van der Waals surface area contributed by atoms with Crippen molar-refractivity contribution >= 4 is 15.9 Å². The van der Waals surface area contributed by atoms with Crippen molar-refractivity contribution in [2.24, 2.45) is 0 Å². The van der Waals surface area contributed by atoms with Crippen LogP contribution in [-0.4, -0.2) is 67.2 Å². The van der Waals surface area contributed by atoms with Gasteiger partial charge in [-0.15, -0.1) is 0 Å². The third kappa shape index (κ3) is 5.05. The van der Waals surface area contributed by atoms with Crippen molar-refractivity contribution in [2.75, 3.05) is 32.7 Å². The number of carbonyl (C=O) groups is 1. The summed E-state index contributed by atoms with van der Waals surface area (Å²) in [6.45, 7) is 8.54. The lowest BCUT2D eigenvalue weighted by Crippen LogP contribution is -2.48. The Morgan fingerprint density at radius 3 is 2.34 bits per heavy atom. The second kappa shape index (κ2) is 9.73. The number of benzene rings is 2. The summed E-state index contributed by atoms with van der Waals surface area (Å²) in [5.74, 6) is -0.0319. The van der Waals surface area contributed by atoms with Crippen LogP contribution >= 0.6 is 0 Å². The second-order valence-corrected chi connectivity index (χ2v) is 10.9. The molecule has 2 aliphatic rings. The van der Waals surface area contributed by atoms with Crippen molar-refractivity contribution < 1.29 is 13.2 Å². The fourth-order valence-electron chi connectivity index (χ4n) is 4.69. The summed E-state index contributed by atoms with van der Waals surface area (Å²) >= 11 is 0. The molecule has 2 aliphatic heterocycles. The molecule has 2 saturated heterocycles. The Balaban J connectivity index is 1.36. The molecule has 2 aromatic carbocycles. The van der Waals surface area contributed by atoms with Gasteiger partial charge >= 0.3 is 0 Å². The number of carbonyl (C=O) groups excluding carboxylic acids is 1. The van der Waals surface area contributed by atoms with Crippen molar-refractivity contribution in [1.82, 2.24) is 14.1 Å². The minimum absolute atomic E-state index is 0.0196. The van der Waals surface area contributed by atoms with Gasteiger partial charge in [-0.25, -0.2) is 8.42 Å². The summed E-state index contributed by atoms with van der Waals surface area (Å²) in [6.07, 6.45) is 2.86. The first-order valence-electron chi connectivity index (χ1n) is 11.5. The summed E-state index contributed by atoms with van der Waals surface area (Å²) in [4.78, 5) is 17.5. The molecule has 172 valence electrons.